The van der Waals surface area contributed by atoms with Crippen LogP contribution in [0.1, 0.15) is 34.2 Å². The van der Waals surface area contributed by atoms with Crippen molar-refractivity contribution in [3.63, 3.8) is 0 Å². The zero-order valence-corrected chi connectivity index (χ0v) is 19.9. The Kier molecular flexibility index (Phi) is 8.46. The molecule has 7 nitrogen and oxygen atoms in total. The zero-order chi connectivity index (χ0) is 23.1. The minimum atomic E-state index is -2.11. The van der Waals surface area contributed by atoms with Gasteiger partial charge in [-0.05, 0) is 53.9 Å². The molecule has 0 aliphatic rings. The van der Waals surface area contributed by atoms with Gasteiger partial charge in [0.05, 0.1) is 5.69 Å². The summed E-state index contributed by atoms with van der Waals surface area (Å²) < 4.78 is 21.8. The van der Waals surface area contributed by atoms with E-state index < -0.39 is 11.1 Å². The number of thiazole rings is 1. The van der Waals surface area contributed by atoms with Crippen molar-refractivity contribution in [1.29, 1.82) is 0 Å². The number of thiocarbonyl (C=S) groups is 1. The fourth-order valence-corrected chi connectivity index (χ4v) is 4.83. The first-order valence-corrected chi connectivity index (χ1v) is 12.3. The summed E-state index contributed by atoms with van der Waals surface area (Å²) in [6.45, 7) is 1.46. The number of amides is 1. The van der Waals surface area contributed by atoms with Crippen molar-refractivity contribution in [2.24, 2.45) is 5.73 Å². The maximum Gasteiger partial charge on any atom is 0.223 e. The molecule has 1 unspecified atom stereocenters. The highest BCUT2D eigenvalue weighted by atomic mass is 32.2. The van der Waals surface area contributed by atoms with Gasteiger partial charge in [-0.1, -0.05) is 47.5 Å². The van der Waals surface area contributed by atoms with Crippen molar-refractivity contribution in [1.82, 2.24) is 4.98 Å². The molecule has 0 aliphatic carbocycles. The number of nitrogens with two attached hydrogens (primary N) is 1. The van der Waals surface area contributed by atoms with Gasteiger partial charge in [0.1, 0.15) is 0 Å². The molecule has 32 heavy (non-hydrogen) atoms. The Morgan fingerprint density at radius 3 is 2.28 bits per heavy atom. The summed E-state index contributed by atoms with van der Waals surface area (Å²) in [4.78, 5) is 17.2. The van der Waals surface area contributed by atoms with E-state index in [0.29, 0.717) is 11.6 Å². The number of nitrogens with zero attached hydrogens (tertiary/aromatic N) is 1. The van der Waals surface area contributed by atoms with Crippen molar-refractivity contribution in [2.75, 3.05) is 10.6 Å². The Morgan fingerprint density at radius 2 is 1.69 bits per heavy atom. The molecule has 3 rings (SSSR count). The number of benzene rings is 2. The number of hydrogen-bond acceptors (Lipinski definition) is 6. The van der Waals surface area contributed by atoms with Crippen molar-refractivity contribution in [3.05, 3.63) is 75.8 Å². The van der Waals surface area contributed by atoms with Crippen LogP contribution >= 0.6 is 23.6 Å². The summed E-state index contributed by atoms with van der Waals surface area (Å²) in [6, 6.07) is 15.4. The summed E-state index contributed by atoms with van der Waals surface area (Å²) in [5, 5.41) is 6.48. The van der Waals surface area contributed by atoms with E-state index in [1.807, 2.05) is 48.5 Å². The van der Waals surface area contributed by atoms with Crippen LogP contribution in [-0.4, -0.2) is 24.8 Å². The van der Waals surface area contributed by atoms with E-state index in [2.05, 4.69) is 15.6 Å². The third kappa shape index (κ3) is 7.49. The maximum atomic E-state index is 11.5. The molecular formula is C22H23N4O3S3-. The minimum Gasteiger partial charge on any atom is -0.772 e. The quantitative estimate of drug-likeness (QED) is 0.312. The molecule has 1 atom stereocenters. The van der Waals surface area contributed by atoms with Crippen molar-refractivity contribution in [3.8, 4) is 0 Å². The first-order chi connectivity index (χ1) is 15.3. The number of hydrogen-bond donors (Lipinski definition) is 3. The fraction of sp³-hybridized carbons (Fsp3) is 0.227. The smallest absolute Gasteiger partial charge is 0.223 e. The molecule has 0 saturated heterocycles. The second-order valence-electron chi connectivity index (χ2n) is 7.20. The van der Waals surface area contributed by atoms with E-state index in [4.69, 9.17) is 18.0 Å². The monoisotopic (exact) mass is 487 g/mol. The maximum absolute atomic E-state index is 11.5. The molecule has 0 saturated carbocycles. The molecule has 4 N–H and O–H groups in total. The highest BCUT2D eigenvalue weighted by Crippen LogP contribution is 2.27. The number of rotatable bonds is 9. The molecule has 0 aliphatic heterocycles. The van der Waals surface area contributed by atoms with Gasteiger partial charge in [-0.2, -0.15) is 0 Å². The summed E-state index contributed by atoms with van der Waals surface area (Å²) in [6.07, 6.45) is 2.17. The molecule has 10 heteroatoms. The molecule has 0 bridgehead atoms. The van der Waals surface area contributed by atoms with Crippen LogP contribution in [0.4, 0.5) is 10.8 Å². The predicted octanol–water partition coefficient (Wildman–Crippen LogP) is 3.51. The van der Waals surface area contributed by atoms with Crippen molar-refractivity contribution >= 4 is 56.5 Å². The Balaban J connectivity index is 1.73. The number of aromatic nitrogens is 1. The average Bonchev–Trinajstić information content (AvgIpc) is 3.08. The van der Waals surface area contributed by atoms with Crippen LogP contribution < -0.4 is 16.4 Å². The lowest BCUT2D eigenvalue weighted by Gasteiger charge is -2.07. The van der Waals surface area contributed by atoms with E-state index in [0.717, 1.165) is 45.8 Å². The Morgan fingerprint density at radius 1 is 1.06 bits per heavy atom. The van der Waals surface area contributed by atoms with E-state index in [9.17, 15) is 13.6 Å². The first kappa shape index (κ1) is 24.0. The molecule has 1 amide bonds. The lowest BCUT2D eigenvalue weighted by atomic mass is 10.0. The number of nitrogens with one attached hydrogen (secondary N) is 2. The van der Waals surface area contributed by atoms with Gasteiger partial charge in [0.15, 0.2) is 10.2 Å². The van der Waals surface area contributed by atoms with Crippen LogP contribution in [0.15, 0.2) is 48.5 Å². The molecule has 3 aromatic rings. The standard InChI is InChI=1S/C22H24N4O3S3/c1-14(27)24-22-26-19(11-8-15-6-9-18(10-7-15)25-21(23)30)20(31-22)12-16-2-4-17(5-3-16)13-32(28)29/h2-7,9-10H,8,11-13H2,1H3,(H,28,29)(H3,23,25,30)(H,24,26,27)/p-1. The number of anilines is 2. The largest absolute Gasteiger partial charge is 0.772 e. The van der Waals surface area contributed by atoms with E-state index in [1.54, 1.807) is 0 Å². The first-order valence-electron chi connectivity index (χ1n) is 9.83. The van der Waals surface area contributed by atoms with Crippen LogP contribution in [0.25, 0.3) is 0 Å². The molecule has 1 aromatic heterocycles. The van der Waals surface area contributed by atoms with Crippen LogP contribution in [0.3, 0.4) is 0 Å². The summed E-state index contributed by atoms with van der Waals surface area (Å²) in [5.41, 5.74) is 10.2. The van der Waals surface area contributed by atoms with Gasteiger partial charge in [-0.25, -0.2) is 4.98 Å². The van der Waals surface area contributed by atoms with Crippen molar-refractivity contribution < 1.29 is 13.6 Å². The topological polar surface area (TPSA) is 120 Å². The summed E-state index contributed by atoms with van der Waals surface area (Å²) >= 11 is 4.21. The lowest BCUT2D eigenvalue weighted by Crippen LogP contribution is -2.18. The Hall–Kier alpha value is -2.66. The minimum absolute atomic E-state index is 0.00411. The Bertz CT molecular complexity index is 1110. The highest BCUT2D eigenvalue weighted by molar-refractivity contribution is 7.80. The lowest BCUT2D eigenvalue weighted by molar-refractivity contribution is -0.114. The molecule has 0 fully saturated rings. The van der Waals surface area contributed by atoms with Gasteiger partial charge >= 0.3 is 0 Å². The van der Waals surface area contributed by atoms with Gasteiger partial charge in [0, 0.05) is 29.7 Å². The van der Waals surface area contributed by atoms with Gasteiger partial charge in [-0.3, -0.25) is 9.00 Å². The molecule has 0 spiro atoms. The molecule has 1 heterocycles. The molecule has 168 valence electrons. The van der Waals surface area contributed by atoms with E-state index in [1.165, 1.54) is 18.3 Å². The second-order valence-corrected chi connectivity index (χ2v) is 9.62. The van der Waals surface area contributed by atoms with Gasteiger partial charge in [0.25, 0.3) is 0 Å². The van der Waals surface area contributed by atoms with E-state index in [-0.39, 0.29) is 16.8 Å². The van der Waals surface area contributed by atoms with Crippen LogP contribution in [0.2, 0.25) is 0 Å². The SMILES string of the molecule is CC(=O)Nc1nc(CCc2ccc(NC(N)=S)cc2)c(Cc2ccc(CS(=O)[O-])cc2)s1. The number of aryl methyl sites for hydroxylation is 2. The van der Waals surface area contributed by atoms with Crippen molar-refractivity contribution in [2.45, 2.75) is 31.9 Å². The Labute approximate surface area is 198 Å². The average molecular weight is 488 g/mol. The van der Waals surface area contributed by atoms with Crippen LogP contribution in [0.5, 0.6) is 0 Å². The fourth-order valence-electron chi connectivity index (χ4n) is 3.16. The molecular weight excluding hydrogens is 464 g/mol. The van der Waals surface area contributed by atoms with E-state index >= 15 is 0 Å². The zero-order valence-electron chi connectivity index (χ0n) is 17.4. The molecule has 2 aromatic carbocycles. The predicted molar refractivity (Wildman–Crippen MR) is 133 cm³/mol. The summed E-state index contributed by atoms with van der Waals surface area (Å²) in [7, 11) is 0. The number of carbonyl (C=O) groups excluding carboxylic acids is 1. The van der Waals surface area contributed by atoms with Gasteiger partial charge in [0.2, 0.25) is 5.91 Å². The van der Waals surface area contributed by atoms with Gasteiger partial charge in [-0.15, -0.1) is 11.3 Å². The van der Waals surface area contributed by atoms with Crippen LogP contribution in [0, 0.1) is 0 Å². The summed E-state index contributed by atoms with van der Waals surface area (Å²) in [5.74, 6) is -0.155. The second kappa shape index (κ2) is 11.3. The third-order valence-corrected chi connectivity index (χ3v) is 6.29. The normalized spacial score (nSPS) is 11.7. The number of carbonyl (C=O) groups is 1. The van der Waals surface area contributed by atoms with Gasteiger partial charge < -0.3 is 20.9 Å². The van der Waals surface area contributed by atoms with Crippen LogP contribution in [-0.2, 0) is 40.9 Å². The molecule has 0 radical (unpaired) electrons. The highest BCUT2D eigenvalue weighted by Gasteiger charge is 2.13. The third-order valence-electron chi connectivity index (χ3n) is 4.61.